The number of aryl methyl sites for hydroxylation is 1. The minimum absolute atomic E-state index is 0.343. The molecule has 1 N–H and O–H groups in total. The Labute approximate surface area is 123 Å². The first-order chi connectivity index (χ1) is 10.3. The molecular formula is C16H19N3O2. The van der Waals surface area contributed by atoms with Gasteiger partial charge in [-0.1, -0.05) is 12.1 Å². The van der Waals surface area contributed by atoms with Gasteiger partial charge in [-0.15, -0.1) is 10.2 Å². The highest BCUT2D eigenvalue weighted by atomic mass is 16.5. The third kappa shape index (κ3) is 2.21. The Balaban J connectivity index is 1.54. The van der Waals surface area contributed by atoms with Crippen LogP contribution in [0.3, 0.4) is 0 Å². The van der Waals surface area contributed by atoms with Gasteiger partial charge in [0.05, 0.1) is 6.10 Å². The van der Waals surface area contributed by atoms with Crippen LogP contribution in [-0.4, -0.2) is 19.9 Å². The summed E-state index contributed by atoms with van der Waals surface area (Å²) in [7, 11) is 0. The van der Waals surface area contributed by atoms with E-state index in [-0.39, 0.29) is 6.10 Å². The smallest absolute Gasteiger partial charge is 0.171 e. The number of hydrogen-bond acceptors (Lipinski definition) is 4. The van der Waals surface area contributed by atoms with Gasteiger partial charge in [0.2, 0.25) is 0 Å². The highest BCUT2D eigenvalue weighted by Gasteiger charge is 2.23. The third-order valence-electron chi connectivity index (χ3n) is 4.49. The maximum absolute atomic E-state index is 9.93. The van der Waals surface area contributed by atoms with Crippen LogP contribution in [-0.2, 0) is 26.0 Å². The maximum atomic E-state index is 9.93. The van der Waals surface area contributed by atoms with Crippen LogP contribution in [0.25, 0.3) is 0 Å². The van der Waals surface area contributed by atoms with Crippen molar-refractivity contribution in [3.63, 3.8) is 0 Å². The Morgan fingerprint density at radius 3 is 3.14 bits per heavy atom. The minimum atomic E-state index is -0.343. The summed E-state index contributed by atoms with van der Waals surface area (Å²) < 4.78 is 8.16. The molecule has 0 spiro atoms. The molecule has 0 saturated carbocycles. The quantitative estimate of drug-likeness (QED) is 0.939. The number of aromatic nitrogens is 3. The van der Waals surface area contributed by atoms with Crippen molar-refractivity contribution in [1.29, 1.82) is 0 Å². The fourth-order valence-corrected chi connectivity index (χ4v) is 3.35. The number of nitrogens with zero attached hydrogens (tertiary/aromatic N) is 3. The van der Waals surface area contributed by atoms with E-state index in [1.165, 1.54) is 12.8 Å². The van der Waals surface area contributed by atoms with Crippen molar-refractivity contribution in [3.05, 3.63) is 41.0 Å². The molecule has 0 bridgehead atoms. The number of aliphatic hydroxyl groups is 1. The number of fused-ring (bicyclic) bond motifs is 2. The normalized spacial score (nSPS) is 20.1. The highest BCUT2D eigenvalue weighted by molar-refractivity contribution is 5.44. The molecule has 0 amide bonds. The standard InChI is InChI=1S/C16H19N3O2/c20-13-8-7-12-11(13)4-3-5-14(12)21-10-16-18-17-15-6-1-2-9-19(15)16/h3-5,13,20H,1-2,6-10H2. The zero-order valence-electron chi connectivity index (χ0n) is 12.0. The van der Waals surface area contributed by atoms with Crippen molar-refractivity contribution < 1.29 is 9.84 Å². The van der Waals surface area contributed by atoms with Crippen molar-refractivity contribution >= 4 is 0 Å². The van der Waals surface area contributed by atoms with Crippen molar-refractivity contribution in [2.75, 3.05) is 0 Å². The van der Waals surface area contributed by atoms with Gasteiger partial charge >= 0.3 is 0 Å². The number of aliphatic hydroxyl groups excluding tert-OH is 1. The summed E-state index contributed by atoms with van der Waals surface area (Å²) in [6, 6.07) is 5.91. The first-order valence-electron chi connectivity index (χ1n) is 7.66. The first-order valence-corrected chi connectivity index (χ1v) is 7.66. The van der Waals surface area contributed by atoms with E-state index in [4.69, 9.17) is 4.74 Å². The molecule has 2 aliphatic rings. The Kier molecular flexibility index (Phi) is 3.15. The van der Waals surface area contributed by atoms with Crippen LogP contribution >= 0.6 is 0 Å². The molecule has 2 aromatic rings. The lowest BCUT2D eigenvalue weighted by Crippen LogP contribution is -2.14. The summed E-state index contributed by atoms with van der Waals surface area (Å²) in [6.07, 6.45) is 4.72. The Morgan fingerprint density at radius 1 is 1.24 bits per heavy atom. The van der Waals surface area contributed by atoms with Crippen LogP contribution in [0.4, 0.5) is 0 Å². The fraction of sp³-hybridized carbons (Fsp3) is 0.500. The van der Waals surface area contributed by atoms with Crippen molar-refractivity contribution in [2.24, 2.45) is 0 Å². The van der Waals surface area contributed by atoms with Crippen molar-refractivity contribution in [3.8, 4) is 5.75 Å². The molecular weight excluding hydrogens is 266 g/mol. The lowest BCUT2D eigenvalue weighted by Gasteiger charge is -2.15. The maximum Gasteiger partial charge on any atom is 0.171 e. The van der Waals surface area contributed by atoms with Gasteiger partial charge in [-0.25, -0.2) is 0 Å². The summed E-state index contributed by atoms with van der Waals surface area (Å²) >= 11 is 0. The molecule has 1 aliphatic heterocycles. The monoisotopic (exact) mass is 285 g/mol. The van der Waals surface area contributed by atoms with E-state index in [0.717, 1.165) is 54.3 Å². The molecule has 2 heterocycles. The number of hydrogen-bond donors (Lipinski definition) is 1. The predicted octanol–water partition coefficient (Wildman–Crippen LogP) is 2.17. The van der Waals surface area contributed by atoms with Crippen LogP contribution in [0.1, 0.15) is 48.1 Å². The summed E-state index contributed by atoms with van der Waals surface area (Å²) in [6.45, 7) is 1.44. The lowest BCUT2D eigenvalue weighted by molar-refractivity contribution is 0.180. The van der Waals surface area contributed by atoms with E-state index >= 15 is 0 Å². The van der Waals surface area contributed by atoms with E-state index in [2.05, 4.69) is 14.8 Å². The van der Waals surface area contributed by atoms with E-state index in [9.17, 15) is 5.11 Å². The fourth-order valence-electron chi connectivity index (χ4n) is 3.35. The second kappa shape index (κ2) is 5.15. The Morgan fingerprint density at radius 2 is 2.19 bits per heavy atom. The molecule has 1 unspecified atom stereocenters. The van der Waals surface area contributed by atoms with Crippen LogP contribution < -0.4 is 4.74 Å². The average molecular weight is 285 g/mol. The molecule has 0 saturated heterocycles. The molecule has 1 aromatic heterocycles. The van der Waals surface area contributed by atoms with Gasteiger partial charge in [-0.2, -0.15) is 0 Å². The van der Waals surface area contributed by atoms with Gasteiger partial charge in [0, 0.05) is 18.5 Å². The van der Waals surface area contributed by atoms with E-state index in [1.807, 2.05) is 18.2 Å². The van der Waals surface area contributed by atoms with E-state index < -0.39 is 0 Å². The Hall–Kier alpha value is -1.88. The zero-order valence-corrected chi connectivity index (χ0v) is 12.0. The molecule has 0 radical (unpaired) electrons. The first kappa shape index (κ1) is 12.8. The summed E-state index contributed by atoms with van der Waals surface area (Å²) in [5, 5.41) is 18.4. The van der Waals surface area contributed by atoms with E-state index in [0.29, 0.717) is 6.61 Å². The lowest BCUT2D eigenvalue weighted by atomic mass is 10.1. The summed E-state index contributed by atoms with van der Waals surface area (Å²) in [4.78, 5) is 0. The minimum Gasteiger partial charge on any atom is -0.485 e. The van der Waals surface area contributed by atoms with Gasteiger partial charge in [0.15, 0.2) is 5.82 Å². The average Bonchev–Trinajstić information content (AvgIpc) is 3.10. The zero-order chi connectivity index (χ0) is 14.2. The molecule has 0 fully saturated rings. The van der Waals surface area contributed by atoms with Gasteiger partial charge in [0.1, 0.15) is 18.2 Å². The number of rotatable bonds is 3. The second-order valence-electron chi connectivity index (χ2n) is 5.81. The number of benzene rings is 1. The highest BCUT2D eigenvalue weighted by Crippen LogP contribution is 2.36. The molecule has 1 atom stereocenters. The topological polar surface area (TPSA) is 60.2 Å². The molecule has 1 aromatic carbocycles. The predicted molar refractivity (Wildman–Crippen MR) is 77.0 cm³/mol. The van der Waals surface area contributed by atoms with Crippen molar-refractivity contribution in [1.82, 2.24) is 14.8 Å². The Bertz CT molecular complexity index is 666. The summed E-state index contributed by atoms with van der Waals surface area (Å²) in [5.74, 6) is 2.85. The van der Waals surface area contributed by atoms with Crippen LogP contribution in [0.15, 0.2) is 18.2 Å². The SMILES string of the molecule is OC1CCc2c(OCc3nnc4n3CCCC4)cccc21. The third-order valence-corrected chi connectivity index (χ3v) is 4.49. The largest absolute Gasteiger partial charge is 0.485 e. The molecule has 4 rings (SSSR count). The van der Waals surface area contributed by atoms with Gasteiger partial charge in [-0.3, -0.25) is 0 Å². The second-order valence-corrected chi connectivity index (χ2v) is 5.81. The van der Waals surface area contributed by atoms with Gasteiger partial charge < -0.3 is 14.4 Å². The molecule has 110 valence electrons. The molecule has 21 heavy (non-hydrogen) atoms. The molecule has 5 nitrogen and oxygen atoms in total. The van der Waals surface area contributed by atoms with Gasteiger partial charge in [-0.05, 0) is 37.3 Å². The van der Waals surface area contributed by atoms with Gasteiger partial charge in [0.25, 0.3) is 0 Å². The van der Waals surface area contributed by atoms with Crippen molar-refractivity contribution in [2.45, 2.75) is 51.4 Å². The molecule has 1 aliphatic carbocycles. The van der Waals surface area contributed by atoms with Crippen LogP contribution in [0.2, 0.25) is 0 Å². The van der Waals surface area contributed by atoms with Crippen LogP contribution in [0, 0.1) is 0 Å². The van der Waals surface area contributed by atoms with E-state index in [1.54, 1.807) is 0 Å². The summed E-state index contributed by atoms with van der Waals surface area (Å²) in [5.41, 5.74) is 2.15. The number of ether oxygens (including phenoxy) is 1. The molecule has 5 heteroatoms. The van der Waals surface area contributed by atoms with Crippen LogP contribution in [0.5, 0.6) is 5.75 Å².